The molecule has 1 heterocycles. The molecule has 0 saturated heterocycles. The minimum Gasteiger partial charge on any atom is -0.379 e. The summed E-state index contributed by atoms with van der Waals surface area (Å²) in [4.78, 5) is 22.6. The third kappa shape index (κ3) is 3.74. The van der Waals surface area contributed by atoms with Gasteiger partial charge in [-0.25, -0.2) is 4.63 Å². The van der Waals surface area contributed by atoms with Gasteiger partial charge in [-0.1, -0.05) is 13.8 Å². The van der Waals surface area contributed by atoms with Crippen LogP contribution >= 0.6 is 0 Å². The molecule has 8 nitrogen and oxygen atoms in total. The van der Waals surface area contributed by atoms with Crippen molar-refractivity contribution in [2.75, 3.05) is 18.8 Å². The molecule has 4 N–H and O–H groups in total. The summed E-state index contributed by atoms with van der Waals surface area (Å²) in [6, 6.07) is 0. The van der Waals surface area contributed by atoms with E-state index in [0.29, 0.717) is 6.54 Å². The summed E-state index contributed by atoms with van der Waals surface area (Å²) in [5, 5.41) is 11.8. The van der Waals surface area contributed by atoms with Gasteiger partial charge in [0.1, 0.15) is 0 Å². The molecule has 0 unspecified atom stereocenters. The number of nitrogens with two attached hydrogens (primary N) is 1. The molecule has 17 heavy (non-hydrogen) atoms. The summed E-state index contributed by atoms with van der Waals surface area (Å²) in [6.07, 6.45) is 0. The van der Waals surface area contributed by atoms with Gasteiger partial charge < -0.3 is 16.4 Å². The third-order valence-corrected chi connectivity index (χ3v) is 1.96. The number of amides is 2. The Morgan fingerprint density at radius 2 is 1.94 bits per heavy atom. The first kappa shape index (κ1) is 12.9. The zero-order valence-electron chi connectivity index (χ0n) is 9.69. The van der Waals surface area contributed by atoms with Gasteiger partial charge in [-0.15, -0.1) is 0 Å². The largest absolute Gasteiger partial charge is 0.379 e. The molecule has 0 aliphatic carbocycles. The second-order valence-electron chi connectivity index (χ2n) is 3.70. The highest BCUT2D eigenvalue weighted by molar-refractivity contribution is 5.95. The summed E-state index contributed by atoms with van der Waals surface area (Å²) in [6.45, 7) is 4.20. The number of nitrogens with zero attached hydrogens (tertiary/aromatic N) is 2. The normalized spacial score (nSPS) is 10.3. The van der Waals surface area contributed by atoms with Crippen molar-refractivity contribution >= 4 is 17.6 Å². The van der Waals surface area contributed by atoms with Gasteiger partial charge in [-0.3, -0.25) is 9.59 Å². The highest BCUT2D eigenvalue weighted by Crippen LogP contribution is 2.02. The zero-order valence-corrected chi connectivity index (χ0v) is 9.69. The fourth-order valence-electron chi connectivity index (χ4n) is 1.00. The molecule has 1 aromatic rings. The van der Waals surface area contributed by atoms with Crippen molar-refractivity contribution in [3.63, 3.8) is 0 Å². The molecule has 0 fully saturated rings. The first-order valence-electron chi connectivity index (χ1n) is 5.16. The standard InChI is InChI=1S/C9H15N5O3/c1-5(2)8(15)11-3-4-12-9(16)6-7(10)14-17-13-6/h5H,3-4H2,1-2H3,(H2,10,14)(H,11,15)(H,12,16). The molecule has 0 radical (unpaired) electrons. The third-order valence-electron chi connectivity index (χ3n) is 1.96. The van der Waals surface area contributed by atoms with E-state index in [1.165, 1.54) is 0 Å². The molecular formula is C9H15N5O3. The molecule has 1 aromatic heterocycles. The highest BCUT2D eigenvalue weighted by Gasteiger charge is 2.15. The number of nitrogen functional groups attached to an aromatic ring is 1. The molecule has 8 heteroatoms. The quantitative estimate of drug-likeness (QED) is 0.577. The number of hydrogen-bond acceptors (Lipinski definition) is 6. The summed E-state index contributed by atoms with van der Waals surface area (Å²) in [7, 11) is 0. The second kappa shape index (κ2) is 5.83. The molecule has 0 bridgehead atoms. The maximum absolute atomic E-state index is 11.4. The van der Waals surface area contributed by atoms with Crippen LogP contribution in [-0.2, 0) is 4.79 Å². The Labute approximate surface area is 97.9 Å². The maximum atomic E-state index is 11.4. The average molecular weight is 241 g/mol. The molecule has 0 saturated carbocycles. The van der Waals surface area contributed by atoms with E-state index < -0.39 is 5.91 Å². The summed E-state index contributed by atoms with van der Waals surface area (Å²) < 4.78 is 4.29. The van der Waals surface area contributed by atoms with Crippen molar-refractivity contribution in [3.8, 4) is 0 Å². The molecule has 94 valence electrons. The number of nitrogens with one attached hydrogen (secondary N) is 2. The van der Waals surface area contributed by atoms with Crippen LogP contribution in [0.1, 0.15) is 24.3 Å². The zero-order chi connectivity index (χ0) is 12.8. The summed E-state index contributed by atoms with van der Waals surface area (Å²) in [5.74, 6) is -0.695. The molecule has 0 spiro atoms. The van der Waals surface area contributed by atoms with E-state index in [-0.39, 0.29) is 29.9 Å². The van der Waals surface area contributed by atoms with Gasteiger partial charge in [0, 0.05) is 19.0 Å². The topological polar surface area (TPSA) is 123 Å². The second-order valence-corrected chi connectivity index (χ2v) is 3.70. The van der Waals surface area contributed by atoms with Crippen molar-refractivity contribution in [3.05, 3.63) is 5.69 Å². The number of carbonyl (C=O) groups is 2. The molecule has 0 aromatic carbocycles. The van der Waals surface area contributed by atoms with Crippen molar-refractivity contribution < 1.29 is 14.2 Å². The van der Waals surface area contributed by atoms with E-state index in [9.17, 15) is 9.59 Å². The predicted octanol–water partition coefficient (Wildman–Crippen LogP) is -0.846. The van der Waals surface area contributed by atoms with Crippen molar-refractivity contribution in [1.29, 1.82) is 0 Å². The van der Waals surface area contributed by atoms with E-state index in [1.54, 1.807) is 13.8 Å². The lowest BCUT2D eigenvalue weighted by molar-refractivity contribution is -0.123. The Morgan fingerprint density at radius 1 is 1.29 bits per heavy atom. The number of hydrogen-bond donors (Lipinski definition) is 3. The van der Waals surface area contributed by atoms with Gasteiger partial charge in [-0.2, -0.15) is 0 Å². The van der Waals surface area contributed by atoms with Crippen LogP contribution in [0.3, 0.4) is 0 Å². The van der Waals surface area contributed by atoms with Gasteiger partial charge in [0.25, 0.3) is 5.91 Å². The molecular weight excluding hydrogens is 226 g/mol. The molecule has 1 rings (SSSR count). The van der Waals surface area contributed by atoms with Crippen molar-refractivity contribution in [2.45, 2.75) is 13.8 Å². The van der Waals surface area contributed by atoms with E-state index in [1.807, 2.05) is 0 Å². The lowest BCUT2D eigenvalue weighted by Gasteiger charge is -2.07. The number of rotatable bonds is 5. The lowest BCUT2D eigenvalue weighted by atomic mass is 10.2. The molecule has 2 amide bonds. The number of aromatic nitrogens is 2. The average Bonchev–Trinajstić information content (AvgIpc) is 2.70. The van der Waals surface area contributed by atoms with E-state index in [0.717, 1.165) is 0 Å². The Bertz CT molecular complexity index is 401. The summed E-state index contributed by atoms with van der Waals surface area (Å²) in [5.41, 5.74) is 5.28. The minimum absolute atomic E-state index is 0.0554. The van der Waals surface area contributed by atoms with Crippen LogP contribution in [0.25, 0.3) is 0 Å². The maximum Gasteiger partial charge on any atom is 0.277 e. The first-order chi connectivity index (χ1) is 8.02. The Kier molecular flexibility index (Phi) is 4.44. The van der Waals surface area contributed by atoms with Crippen LogP contribution < -0.4 is 16.4 Å². The SMILES string of the molecule is CC(C)C(=O)NCCNC(=O)c1nonc1N. The van der Waals surface area contributed by atoms with Crippen molar-refractivity contribution in [1.82, 2.24) is 20.9 Å². The van der Waals surface area contributed by atoms with E-state index in [4.69, 9.17) is 5.73 Å². The molecule has 0 aliphatic rings. The van der Waals surface area contributed by atoms with E-state index >= 15 is 0 Å². The van der Waals surface area contributed by atoms with Crippen LogP contribution in [0, 0.1) is 5.92 Å². The van der Waals surface area contributed by atoms with Gasteiger partial charge >= 0.3 is 0 Å². The van der Waals surface area contributed by atoms with Gasteiger partial charge in [0.15, 0.2) is 0 Å². The molecule has 0 aliphatic heterocycles. The van der Waals surface area contributed by atoms with Crippen LogP contribution in [0.2, 0.25) is 0 Å². The van der Waals surface area contributed by atoms with Crippen LogP contribution in [0.4, 0.5) is 5.82 Å². The Morgan fingerprint density at radius 3 is 2.47 bits per heavy atom. The monoisotopic (exact) mass is 241 g/mol. The molecule has 0 atom stereocenters. The number of carbonyl (C=O) groups excluding carboxylic acids is 2. The summed E-state index contributed by atoms with van der Waals surface area (Å²) >= 11 is 0. The predicted molar refractivity (Wildman–Crippen MR) is 58.9 cm³/mol. The van der Waals surface area contributed by atoms with Gasteiger partial charge in [0.2, 0.25) is 17.4 Å². The fourth-order valence-corrected chi connectivity index (χ4v) is 1.00. The van der Waals surface area contributed by atoms with Gasteiger partial charge in [0.05, 0.1) is 0 Å². The van der Waals surface area contributed by atoms with E-state index in [2.05, 4.69) is 25.6 Å². The first-order valence-corrected chi connectivity index (χ1v) is 5.16. The van der Waals surface area contributed by atoms with Crippen LogP contribution in [0.5, 0.6) is 0 Å². The van der Waals surface area contributed by atoms with Crippen molar-refractivity contribution in [2.24, 2.45) is 5.92 Å². The van der Waals surface area contributed by atoms with Crippen LogP contribution in [-0.4, -0.2) is 35.2 Å². The minimum atomic E-state index is -0.484. The Hall–Kier alpha value is -2.12. The lowest BCUT2D eigenvalue weighted by Crippen LogP contribution is -2.36. The Balaban J connectivity index is 2.26. The number of anilines is 1. The highest BCUT2D eigenvalue weighted by atomic mass is 16.6. The van der Waals surface area contributed by atoms with Gasteiger partial charge in [-0.05, 0) is 10.3 Å². The smallest absolute Gasteiger partial charge is 0.277 e. The fraction of sp³-hybridized carbons (Fsp3) is 0.556. The van der Waals surface area contributed by atoms with Crippen LogP contribution in [0.15, 0.2) is 4.63 Å².